The van der Waals surface area contributed by atoms with Crippen LogP contribution in [-0.2, 0) is 165 Å². The summed E-state index contributed by atoms with van der Waals surface area (Å²) >= 11 is 0. The van der Waals surface area contributed by atoms with Gasteiger partial charge in [-0.15, -0.1) is 0 Å². The third kappa shape index (κ3) is 23.5. The number of likely N-dealkylation sites (tertiary alicyclic amines) is 2. The van der Waals surface area contributed by atoms with E-state index in [0.717, 1.165) is 44.1 Å². The van der Waals surface area contributed by atoms with Gasteiger partial charge in [-0.2, -0.15) is 0 Å². The van der Waals surface area contributed by atoms with Crippen LogP contribution < -0.4 is 43.0 Å². The topological polar surface area (TPSA) is 520 Å². The number of pyridine rings is 4. The molecular formula is C95H120N12O28. The number of benzene rings is 2. The molecule has 2 saturated heterocycles. The highest BCUT2D eigenvalue weighted by molar-refractivity contribution is 5.99. The Hall–Kier alpha value is -12.5. The van der Waals surface area contributed by atoms with Crippen LogP contribution in [0.15, 0.2) is 70.3 Å². The van der Waals surface area contributed by atoms with Crippen molar-refractivity contribution in [1.82, 2.24) is 60.8 Å². The normalized spacial score (nSPS) is 18.2. The summed E-state index contributed by atoms with van der Waals surface area (Å²) in [5.74, 6) is -13.0. The van der Waals surface area contributed by atoms with Crippen molar-refractivity contribution < 1.29 is 125 Å². The van der Waals surface area contributed by atoms with E-state index >= 15 is 0 Å². The molecule has 40 nitrogen and oxygen atoms in total. The van der Waals surface area contributed by atoms with Gasteiger partial charge >= 0.3 is 35.8 Å². The minimum absolute atomic E-state index is 0.0344. The quantitative estimate of drug-likeness (QED) is 0.0152. The molecule has 6 aromatic rings. The molecule has 135 heavy (non-hydrogen) atoms. The molecule has 0 spiro atoms. The molecule has 8 amide bonds. The van der Waals surface area contributed by atoms with Crippen molar-refractivity contribution in [1.29, 1.82) is 0 Å². The molecule has 8 N–H and O–H groups in total. The van der Waals surface area contributed by atoms with Crippen LogP contribution in [0.3, 0.4) is 0 Å². The first-order valence-corrected chi connectivity index (χ1v) is 46.3. The van der Waals surface area contributed by atoms with E-state index < -0.39 is 155 Å². The van der Waals surface area contributed by atoms with Gasteiger partial charge < -0.3 is 108 Å². The second kappa shape index (κ2) is 46.6. The zero-order chi connectivity index (χ0) is 97.0. The van der Waals surface area contributed by atoms with Gasteiger partial charge in [0.25, 0.3) is 11.1 Å². The minimum atomic E-state index is -2.09. The highest BCUT2D eigenvalue weighted by Gasteiger charge is 2.55. The number of amides is 8. The van der Waals surface area contributed by atoms with Crippen LogP contribution in [-0.4, -0.2) is 264 Å². The van der Waals surface area contributed by atoms with Crippen molar-refractivity contribution in [3.8, 4) is 22.8 Å². The Morgan fingerprint density at radius 2 is 0.830 bits per heavy atom. The number of carbonyl (C=O) groups is 14. The Labute approximate surface area is 778 Å². The molecule has 8 atom stereocenters. The molecule has 10 heterocycles. The van der Waals surface area contributed by atoms with Crippen LogP contribution in [0.2, 0.25) is 0 Å². The number of hydrogen-bond acceptors (Lipinski definition) is 28. The van der Waals surface area contributed by atoms with E-state index in [4.69, 9.17) is 57.3 Å². The molecule has 2 fully saturated rings. The number of cyclic esters (lactones) is 2. The highest BCUT2D eigenvalue weighted by atomic mass is 16.6. The van der Waals surface area contributed by atoms with Gasteiger partial charge in [0.1, 0.15) is 49.5 Å². The number of hydrogen-bond donors (Lipinski definition) is 8. The SMILES string of the molecule is CCc1c2c(nc3ccccc13)-c1cc3c(c(=O)n1C2)COC(=O)[C@@]3(CC)OC(=O)[C@@H](NC(=O)[C@@H]1CCCN1C(=O)C(CC(=O)O)NC(=O)CCOCCOCCOCCNC(=O)CCCC(=O)NCCOCCOCCOCCC(=O)NC(CC(=O)O)C(=O)N1CCC[C@H]1C(=O)N[C@H](C(=O)O[C@]1(CC)C(=O)OCc2c1cc1n(c2=O)Cc2c-1nc1ccccc1c2CC)C(C)C)C(C)C. The summed E-state index contributed by atoms with van der Waals surface area (Å²) in [6.45, 7) is 15.4. The van der Waals surface area contributed by atoms with Crippen molar-refractivity contribution in [2.24, 2.45) is 11.8 Å². The van der Waals surface area contributed by atoms with Gasteiger partial charge in [-0.25, -0.2) is 29.1 Å². The maximum Gasteiger partial charge on any atom is 0.355 e. The largest absolute Gasteiger partial charge is 0.481 e. The molecular weight excluding hydrogens is 1760 g/mol. The number of para-hydroxylation sites is 2. The Balaban J connectivity index is 0.467. The third-order valence-electron chi connectivity index (χ3n) is 25.1. The van der Waals surface area contributed by atoms with Gasteiger partial charge in [-0.1, -0.05) is 91.8 Å². The number of carboxylic acids is 2. The van der Waals surface area contributed by atoms with Gasteiger partial charge in [0.2, 0.25) is 58.5 Å². The monoisotopic (exact) mass is 1880 g/mol. The average molecular weight is 1880 g/mol. The fourth-order valence-electron chi connectivity index (χ4n) is 18.1. The molecule has 728 valence electrons. The molecule has 0 bridgehead atoms. The van der Waals surface area contributed by atoms with Crippen LogP contribution in [0.5, 0.6) is 0 Å². The van der Waals surface area contributed by atoms with Crippen LogP contribution in [0.25, 0.3) is 44.6 Å². The number of esters is 4. The number of nitrogens with zero attached hydrogens (tertiary/aromatic N) is 6. The van der Waals surface area contributed by atoms with Crippen molar-refractivity contribution in [3.05, 3.63) is 126 Å². The van der Waals surface area contributed by atoms with E-state index in [0.29, 0.717) is 54.9 Å². The summed E-state index contributed by atoms with van der Waals surface area (Å²) in [6.07, 6.45) is 0.369. The molecule has 2 unspecified atom stereocenters. The van der Waals surface area contributed by atoms with Gasteiger partial charge in [-0.05, 0) is 105 Å². The van der Waals surface area contributed by atoms with Gasteiger partial charge in [-0.3, -0.25) is 57.5 Å². The van der Waals surface area contributed by atoms with Crippen LogP contribution in [0, 0.1) is 11.8 Å². The van der Waals surface area contributed by atoms with E-state index in [1.165, 1.54) is 9.80 Å². The molecule has 6 aliphatic rings. The lowest BCUT2D eigenvalue weighted by molar-refractivity contribution is -0.191. The maximum atomic E-state index is 14.5. The van der Waals surface area contributed by atoms with E-state index in [9.17, 15) is 86.9 Å². The molecule has 0 saturated carbocycles. The number of fused-ring (bicyclic) bond motifs is 10. The Morgan fingerprint density at radius 3 is 1.19 bits per heavy atom. The lowest BCUT2D eigenvalue weighted by Gasteiger charge is -2.37. The smallest absolute Gasteiger partial charge is 0.355 e. The summed E-state index contributed by atoms with van der Waals surface area (Å²) in [6, 6.07) is 10.4. The predicted octanol–water partition coefficient (Wildman–Crippen LogP) is 3.86. The molecule has 12 rings (SSSR count). The van der Waals surface area contributed by atoms with Crippen molar-refractivity contribution in [3.63, 3.8) is 0 Å². The van der Waals surface area contributed by atoms with E-state index in [1.807, 2.05) is 62.4 Å². The average Bonchev–Trinajstić information content (AvgIpc) is 1.64. The minimum Gasteiger partial charge on any atom is -0.481 e. The molecule has 6 aliphatic heterocycles. The zero-order valence-electron chi connectivity index (χ0n) is 77.3. The van der Waals surface area contributed by atoms with Crippen molar-refractivity contribution >= 4 is 105 Å². The molecule has 4 aromatic heterocycles. The Bertz CT molecular complexity index is 5260. The number of aryl methyl sites for hydroxylation is 2. The van der Waals surface area contributed by atoms with Crippen molar-refractivity contribution in [2.45, 2.75) is 225 Å². The second-order valence-corrected chi connectivity index (χ2v) is 34.6. The summed E-state index contributed by atoms with van der Waals surface area (Å²) in [7, 11) is 0. The van der Waals surface area contributed by atoms with Gasteiger partial charge in [0.05, 0.1) is 150 Å². The number of rotatable bonds is 50. The first-order chi connectivity index (χ1) is 64.9. The first kappa shape index (κ1) is 101. The number of carboxylic acid groups (broad SMARTS) is 2. The maximum absolute atomic E-state index is 14.5. The predicted molar refractivity (Wildman–Crippen MR) is 481 cm³/mol. The third-order valence-corrected chi connectivity index (χ3v) is 25.1. The molecule has 0 radical (unpaired) electrons. The summed E-state index contributed by atoms with van der Waals surface area (Å²) < 4.78 is 59.8. The summed E-state index contributed by atoms with van der Waals surface area (Å²) in [5.41, 5.74) is 2.86. The standard InChI is InChI=1S/C95H120N12O28/c1-9-56-58-20-13-15-22-66(58)100-82-60(56)50-106-72(82)46-64-62(86(106)118)52-132-92(124)94(64,11-3)134-90(122)80(54(5)6)102-84(116)70-24-18-32-104(70)88(120)68(48-78(112)113)98-76(110)28-34-126-38-42-130-44-40-128-36-30-96-74(108)26-17-27-75(109)97-31-37-129-41-45-131-43-39-127-35-29-77(111)99-69(49-79(114)115)89(121)105-33-19-25-71(105)85(117)103-81(55(7)8)91(123)135-95(12-4)65-47-73-83-61(51-107(73)87(119)63(65)53-133-93(95)125)57(10-2)59-21-14-16-23-67(59)101-83/h13-16,20-23,46-47,54-55,68-71,80-81H,9-12,17-19,24-45,48-53H2,1-8H3,(H,96,108)(H,97,109)(H,98,110)(H,99,111)(H,102,116)(H,103,117)(H,112,113)(H,114,115)/t68?,69?,70-,71-,80-,81-,94-,95-/m0/s1. The van der Waals surface area contributed by atoms with Crippen LogP contribution in [0.1, 0.15) is 183 Å². The molecule has 0 aliphatic carbocycles. The van der Waals surface area contributed by atoms with Gasteiger partial charge in [0.15, 0.2) is 0 Å². The number of carbonyl (C=O) groups excluding carboxylic acids is 12. The fourth-order valence-corrected chi connectivity index (χ4v) is 18.1. The molecule has 40 heteroatoms. The van der Waals surface area contributed by atoms with E-state index in [1.54, 1.807) is 62.8 Å². The van der Waals surface area contributed by atoms with E-state index in [-0.39, 0.29) is 217 Å². The lowest BCUT2D eigenvalue weighted by atomic mass is 9.85. The number of ether oxygens (including phenoxy) is 10. The van der Waals surface area contributed by atoms with Crippen molar-refractivity contribution in [2.75, 3.05) is 105 Å². The first-order valence-electron chi connectivity index (χ1n) is 46.3. The number of nitrogens with one attached hydrogen (secondary N) is 6. The van der Waals surface area contributed by atoms with Crippen LogP contribution in [0.4, 0.5) is 0 Å². The zero-order valence-corrected chi connectivity index (χ0v) is 77.3. The fraction of sp³-hybridized carbons (Fsp3) is 0.558. The number of aliphatic carboxylic acids is 2. The van der Waals surface area contributed by atoms with Gasteiger partial charge in [0, 0.05) is 84.9 Å². The Morgan fingerprint density at radius 1 is 0.467 bits per heavy atom. The molecule has 2 aromatic carbocycles. The lowest BCUT2D eigenvalue weighted by Crippen LogP contribution is -2.57. The Kier molecular flexibility index (Phi) is 35.1. The van der Waals surface area contributed by atoms with E-state index in [2.05, 4.69) is 31.9 Å². The highest BCUT2D eigenvalue weighted by Crippen LogP contribution is 2.45. The summed E-state index contributed by atoms with van der Waals surface area (Å²) in [5, 5.41) is 37.4. The van der Waals surface area contributed by atoms with Crippen LogP contribution >= 0.6 is 0 Å². The summed E-state index contributed by atoms with van der Waals surface area (Å²) in [4.78, 5) is 230. The number of aromatic nitrogens is 4. The second-order valence-electron chi connectivity index (χ2n) is 34.6.